The minimum atomic E-state index is 0. The largest absolute Gasteiger partial charge is 0.381 e. The van der Waals surface area contributed by atoms with Crippen LogP contribution in [0.25, 0.3) is 0 Å². The zero-order valence-corrected chi connectivity index (χ0v) is 16.5. The lowest BCUT2D eigenvalue weighted by atomic mass is 10.2. The highest BCUT2D eigenvalue weighted by Crippen LogP contribution is 2.00. The van der Waals surface area contributed by atoms with Crippen molar-refractivity contribution in [1.82, 2.24) is 10.2 Å². The van der Waals surface area contributed by atoms with Crippen molar-refractivity contribution in [1.29, 1.82) is 0 Å². The maximum Gasteiger partial charge on any atom is 0.193 e. The fraction of sp³-hybridized carbons (Fsp3) is 0.588. The molecule has 22 heavy (non-hydrogen) atoms. The van der Waals surface area contributed by atoms with Crippen molar-refractivity contribution in [3.63, 3.8) is 0 Å². The first-order chi connectivity index (χ1) is 10.1. The van der Waals surface area contributed by atoms with E-state index in [0.717, 1.165) is 32.1 Å². The quantitative estimate of drug-likeness (QED) is 0.304. The van der Waals surface area contributed by atoms with Gasteiger partial charge in [-0.1, -0.05) is 44.2 Å². The fourth-order valence-electron chi connectivity index (χ4n) is 1.80. The SMILES string of the molecule is CC(C)COCCCNC(=NCc1ccccc1)N(C)C.I. The van der Waals surface area contributed by atoms with Crippen LogP contribution < -0.4 is 5.32 Å². The van der Waals surface area contributed by atoms with Crippen LogP contribution in [0.4, 0.5) is 0 Å². The Morgan fingerprint density at radius 2 is 1.91 bits per heavy atom. The summed E-state index contributed by atoms with van der Waals surface area (Å²) >= 11 is 0. The molecule has 4 nitrogen and oxygen atoms in total. The van der Waals surface area contributed by atoms with Gasteiger partial charge in [-0.15, -0.1) is 24.0 Å². The van der Waals surface area contributed by atoms with Crippen LogP contribution in [-0.4, -0.2) is 44.7 Å². The first-order valence-corrected chi connectivity index (χ1v) is 7.67. The van der Waals surface area contributed by atoms with Gasteiger partial charge in [0.25, 0.3) is 0 Å². The predicted octanol–water partition coefficient (Wildman–Crippen LogP) is 3.37. The molecule has 1 rings (SSSR count). The van der Waals surface area contributed by atoms with E-state index in [1.807, 2.05) is 37.2 Å². The van der Waals surface area contributed by atoms with Crippen molar-refractivity contribution in [2.24, 2.45) is 10.9 Å². The Labute approximate surface area is 152 Å². The lowest BCUT2D eigenvalue weighted by Gasteiger charge is -2.17. The van der Waals surface area contributed by atoms with Gasteiger partial charge in [0, 0.05) is 33.9 Å². The third-order valence-corrected chi connectivity index (χ3v) is 2.88. The standard InChI is InChI=1S/C17H29N3O.HI/c1-15(2)14-21-12-8-11-18-17(20(3)4)19-13-16-9-6-5-7-10-16;/h5-7,9-10,15H,8,11-14H2,1-4H3,(H,18,19);1H. The average Bonchev–Trinajstić information content (AvgIpc) is 2.46. The van der Waals surface area contributed by atoms with Crippen LogP contribution in [0.1, 0.15) is 25.8 Å². The van der Waals surface area contributed by atoms with Crippen molar-refractivity contribution in [2.45, 2.75) is 26.8 Å². The highest BCUT2D eigenvalue weighted by molar-refractivity contribution is 14.0. The van der Waals surface area contributed by atoms with Gasteiger partial charge in [-0.25, -0.2) is 4.99 Å². The molecule has 0 saturated heterocycles. The molecule has 0 saturated carbocycles. The second kappa shape index (κ2) is 12.7. The highest BCUT2D eigenvalue weighted by atomic mass is 127. The lowest BCUT2D eigenvalue weighted by molar-refractivity contribution is 0.108. The third kappa shape index (κ3) is 10.00. The van der Waals surface area contributed by atoms with E-state index in [9.17, 15) is 0 Å². The molecule has 0 bridgehead atoms. The van der Waals surface area contributed by atoms with E-state index >= 15 is 0 Å². The van der Waals surface area contributed by atoms with Gasteiger partial charge in [0.15, 0.2) is 5.96 Å². The second-order valence-electron chi connectivity index (χ2n) is 5.77. The lowest BCUT2D eigenvalue weighted by Crippen LogP contribution is -2.37. The monoisotopic (exact) mass is 419 g/mol. The zero-order chi connectivity index (χ0) is 15.5. The Balaban J connectivity index is 0.00000441. The molecule has 0 aliphatic heterocycles. The molecule has 1 aromatic rings. The number of rotatable bonds is 8. The van der Waals surface area contributed by atoms with Gasteiger partial charge in [0.2, 0.25) is 0 Å². The van der Waals surface area contributed by atoms with Crippen molar-refractivity contribution in [2.75, 3.05) is 33.9 Å². The van der Waals surface area contributed by atoms with Gasteiger partial charge in [0.1, 0.15) is 0 Å². The van der Waals surface area contributed by atoms with Gasteiger partial charge in [-0.3, -0.25) is 0 Å². The number of nitrogens with one attached hydrogen (secondary N) is 1. The molecule has 1 N–H and O–H groups in total. The molecule has 126 valence electrons. The summed E-state index contributed by atoms with van der Waals surface area (Å²) < 4.78 is 5.57. The maximum absolute atomic E-state index is 5.57. The Hall–Kier alpha value is -0.820. The van der Waals surface area contributed by atoms with Crippen LogP contribution in [0.3, 0.4) is 0 Å². The van der Waals surface area contributed by atoms with Gasteiger partial charge in [0.05, 0.1) is 6.54 Å². The number of hydrogen-bond acceptors (Lipinski definition) is 2. The first kappa shape index (κ1) is 21.2. The van der Waals surface area contributed by atoms with Crippen molar-refractivity contribution >= 4 is 29.9 Å². The molecule has 1 aromatic carbocycles. The molecule has 0 amide bonds. The van der Waals surface area contributed by atoms with Crippen LogP contribution in [0.2, 0.25) is 0 Å². The summed E-state index contributed by atoms with van der Waals surface area (Å²) in [6.07, 6.45) is 0.991. The molecule has 5 heteroatoms. The molecular formula is C17H30IN3O. The highest BCUT2D eigenvalue weighted by Gasteiger charge is 2.01. The summed E-state index contributed by atoms with van der Waals surface area (Å²) in [6.45, 7) is 7.54. The Kier molecular flexibility index (Phi) is 12.2. The summed E-state index contributed by atoms with van der Waals surface area (Å²) in [6, 6.07) is 10.3. The smallest absolute Gasteiger partial charge is 0.193 e. The van der Waals surface area contributed by atoms with Crippen molar-refractivity contribution < 1.29 is 4.74 Å². The van der Waals surface area contributed by atoms with Crippen molar-refractivity contribution in [3.05, 3.63) is 35.9 Å². The summed E-state index contributed by atoms with van der Waals surface area (Å²) in [7, 11) is 4.01. The normalized spacial score (nSPS) is 11.2. The Morgan fingerprint density at radius 1 is 1.23 bits per heavy atom. The minimum absolute atomic E-state index is 0. The van der Waals surface area contributed by atoms with Gasteiger partial charge < -0.3 is 15.0 Å². The van der Waals surface area contributed by atoms with E-state index in [0.29, 0.717) is 12.5 Å². The summed E-state index contributed by atoms with van der Waals surface area (Å²) in [5, 5.41) is 3.37. The van der Waals surface area contributed by atoms with Gasteiger partial charge in [-0.05, 0) is 17.9 Å². The van der Waals surface area contributed by atoms with E-state index in [-0.39, 0.29) is 24.0 Å². The number of benzene rings is 1. The van der Waals surface area contributed by atoms with E-state index in [1.54, 1.807) is 0 Å². The van der Waals surface area contributed by atoms with Crippen LogP contribution >= 0.6 is 24.0 Å². The van der Waals surface area contributed by atoms with E-state index in [4.69, 9.17) is 4.74 Å². The third-order valence-electron chi connectivity index (χ3n) is 2.88. The zero-order valence-electron chi connectivity index (χ0n) is 14.2. The van der Waals surface area contributed by atoms with Crippen LogP contribution in [0.5, 0.6) is 0 Å². The molecule has 0 aliphatic carbocycles. The molecule has 0 aliphatic rings. The number of halogens is 1. The van der Waals surface area contributed by atoms with E-state index in [1.165, 1.54) is 5.56 Å². The minimum Gasteiger partial charge on any atom is -0.381 e. The van der Waals surface area contributed by atoms with Crippen LogP contribution in [0.15, 0.2) is 35.3 Å². The number of ether oxygens (including phenoxy) is 1. The summed E-state index contributed by atoms with van der Waals surface area (Å²) in [5.41, 5.74) is 1.22. The molecule has 0 spiro atoms. The Morgan fingerprint density at radius 3 is 2.50 bits per heavy atom. The van der Waals surface area contributed by atoms with Gasteiger partial charge in [-0.2, -0.15) is 0 Å². The van der Waals surface area contributed by atoms with Gasteiger partial charge >= 0.3 is 0 Å². The number of aliphatic imine (C=N–C) groups is 1. The molecule has 0 heterocycles. The van der Waals surface area contributed by atoms with E-state index in [2.05, 4.69) is 36.3 Å². The van der Waals surface area contributed by atoms with E-state index < -0.39 is 0 Å². The number of guanidine groups is 1. The molecule has 0 radical (unpaired) electrons. The molecule has 0 unspecified atom stereocenters. The number of hydrogen-bond donors (Lipinski definition) is 1. The van der Waals surface area contributed by atoms with Crippen LogP contribution in [0, 0.1) is 5.92 Å². The topological polar surface area (TPSA) is 36.9 Å². The summed E-state index contributed by atoms with van der Waals surface area (Å²) in [4.78, 5) is 6.64. The fourth-order valence-corrected chi connectivity index (χ4v) is 1.80. The first-order valence-electron chi connectivity index (χ1n) is 7.67. The Bertz CT molecular complexity index is 408. The number of nitrogens with zero attached hydrogens (tertiary/aromatic N) is 2. The van der Waals surface area contributed by atoms with Crippen molar-refractivity contribution in [3.8, 4) is 0 Å². The molecular weight excluding hydrogens is 389 g/mol. The maximum atomic E-state index is 5.57. The average molecular weight is 419 g/mol. The predicted molar refractivity (Wildman–Crippen MR) is 105 cm³/mol. The summed E-state index contributed by atoms with van der Waals surface area (Å²) in [5.74, 6) is 1.52. The van der Waals surface area contributed by atoms with Crippen LogP contribution in [-0.2, 0) is 11.3 Å². The second-order valence-corrected chi connectivity index (χ2v) is 5.77. The molecule has 0 aromatic heterocycles. The molecule has 0 fully saturated rings. The molecule has 0 atom stereocenters.